The summed E-state index contributed by atoms with van der Waals surface area (Å²) in [6.07, 6.45) is 2.35. The molecule has 0 bridgehead atoms. The summed E-state index contributed by atoms with van der Waals surface area (Å²) in [5.41, 5.74) is 0.961. The van der Waals surface area contributed by atoms with Crippen LogP contribution in [0.4, 0.5) is 11.5 Å². The van der Waals surface area contributed by atoms with Crippen LogP contribution in [-0.4, -0.2) is 29.0 Å². The maximum absolute atomic E-state index is 12.3. The van der Waals surface area contributed by atoms with Crippen molar-refractivity contribution in [3.63, 3.8) is 0 Å². The highest BCUT2D eigenvalue weighted by atomic mass is 16.5. The average Bonchev–Trinajstić information content (AvgIpc) is 2.55. The summed E-state index contributed by atoms with van der Waals surface area (Å²) in [5, 5.41) is 6.01. The van der Waals surface area contributed by atoms with Crippen molar-refractivity contribution in [3.8, 4) is 5.75 Å². The molecule has 2 rings (SSSR count). The zero-order chi connectivity index (χ0) is 15.9. The Labute approximate surface area is 129 Å². The molecule has 2 N–H and O–H groups in total. The van der Waals surface area contributed by atoms with Crippen LogP contribution in [0.5, 0.6) is 5.75 Å². The molecule has 1 amide bonds. The number of benzene rings is 1. The average molecular weight is 300 g/mol. The molecule has 0 aliphatic rings. The first kappa shape index (κ1) is 15.8. The second kappa shape index (κ2) is 7.40. The largest absolute Gasteiger partial charge is 0.497 e. The number of anilines is 2. The lowest BCUT2D eigenvalue weighted by Crippen LogP contribution is -2.17. The molecule has 0 radical (unpaired) electrons. The van der Waals surface area contributed by atoms with Crippen molar-refractivity contribution < 1.29 is 9.53 Å². The van der Waals surface area contributed by atoms with E-state index in [1.54, 1.807) is 25.3 Å². The van der Waals surface area contributed by atoms with Crippen molar-refractivity contribution in [1.29, 1.82) is 0 Å². The Morgan fingerprint density at radius 1 is 1.32 bits per heavy atom. The summed E-state index contributed by atoms with van der Waals surface area (Å²) in [6, 6.07) is 9.09. The molecule has 1 unspecified atom stereocenters. The molecule has 0 saturated heterocycles. The number of carbonyl (C=O) groups is 1. The molecular weight excluding hydrogens is 280 g/mol. The summed E-state index contributed by atoms with van der Waals surface area (Å²) in [5.74, 6) is 1.03. The number of nitrogens with one attached hydrogen (secondary N) is 2. The van der Waals surface area contributed by atoms with Crippen molar-refractivity contribution in [2.24, 2.45) is 0 Å². The number of hydrogen-bond acceptors (Lipinski definition) is 5. The first-order chi connectivity index (χ1) is 10.6. The van der Waals surface area contributed by atoms with Crippen LogP contribution < -0.4 is 15.4 Å². The third-order valence-corrected chi connectivity index (χ3v) is 3.23. The van der Waals surface area contributed by atoms with Gasteiger partial charge in [-0.15, -0.1) is 0 Å². The summed E-state index contributed by atoms with van der Waals surface area (Å²) in [6.45, 7) is 4.13. The topological polar surface area (TPSA) is 76.1 Å². The fraction of sp³-hybridized carbons (Fsp3) is 0.312. The molecule has 6 nitrogen and oxygen atoms in total. The zero-order valence-electron chi connectivity index (χ0n) is 13.0. The molecule has 0 saturated carbocycles. The Balaban J connectivity index is 2.10. The van der Waals surface area contributed by atoms with E-state index in [0.717, 1.165) is 6.42 Å². The van der Waals surface area contributed by atoms with Gasteiger partial charge in [-0.1, -0.05) is 13.0 Å². The lowest BCUT2D eigenvalue weighted by molar-refractivity contribution is 0.102. The van der Waals surface area contributed by atoms with Crippen LogP contribution in [-0.2, 0) is 0 Å². The molecule has 22 heavy (non-hydrogen) atoms. The zero-order valence-corrected chi connectivity index (χ0v) is 13.0. The minimum absolute atomic E-state index is 0.282. The first-order valence-corrected chi connectivity index (χ1v) is 7.16. The van der Waals surface area contributed by atoms with E-state index < -0.39 is 0 Å². The molecule has 0 spiro atoms. The predicted molar refractivity (Wildman–Crippen MR) is 86.4 cm³/mol. The van der Waals surface area contributed by atoms with Gasteiger partial charge in [0.1, 0.15) is 23.6 Å². The van der Waals surface area contributed by atoms with Gasteiger partial charge in [-0.2, -0.15) is 0 Å². The fourth-order valence-electron chi connectivity index (χ4n) is 1.81. The predicted octanol–water partition coefficient (Wildman–Crippen LogP) is 2.95. The van der Waals surface area contributed by atoms with Crippen LogP contribution in [0.25, 0.3) is 0 Å². The van der Waals surface area contributed by atoms with Crippen LogP contribution in [0.3, 0.4) is 0 Å². The number of hydrogen-bond donors (Lipinski definition) is 2. The van der Waals surface area contributed by atoms with Crippen LogP contribution >= 0.6 is 0 Å². The molecule has 6 heteroatoms. The Morgan fingerprint density at radius 2 is 2.14 bits per heavy atom. The standard InChI is InChI=1S/C16H20N4O2/c1-4-11(2)19-15-9-14(17-10-18-15)16(21)20-12-6-5-7-13(8-12)22-3/h5-11H,4H2,1-3H3,(H,20,21)(H,17,18,19). The van der Waals surface area contributed by atoms with Gasteiger partial charge in [0, 0.05) is 23.9 Å². The van der Waals surface area contributed by atoms with Gasteiger partial charge in [-0.05, 0) is 25.5 Å². The summed E-state index contributed by atoms with van der Waals surface area (Å²) in [4.78, 5) is 20.4. The van der Waals surface area contributed by atoms with Crippen LogP contribution in [0, 0.1) is 0 Å². The molecule has 116 valence electrons. The van der Waals surface area contributed by atoms with Crippen LogP contribution in [0.15, 0.2) is 36.7 Å². The molecule has 0 aliphatic heterocycles. The highest BCUT2D eigenvalue weighted by Gasteiger charge is 2.10. The second-order valence-corrected chi connectivity index (χ2v) is 4.93. The molecule has 1 aromatic heterocycles. The van der Waals surface area contributed by atoms with Crippen molar-refractivity contribution in [3.05, 3.63) is 42.4 Å². The van der Waals surface area contributed by atoms with E-state index in [9.17, 15) is 4.79 Å². The molecule has 0 aliphatic carbocycles. The van der Waals surface area contributed by atoms with Crippen LogP contribution in [0.1, 0.15) is 30.8 Å². The highest BCUT2D eigenvalue weighted by molar-refractivity contribution is 6.03. The first-order valence-electron chi connectivity index (χ1n) is 7.16. The number of amides is 1. The quantitative estimate of drug-likeness (QED) is 0.857. The third-order valence-electron chi connectivity index (χ3n) is 3.23. The minimum Gasteiger partial charge on any atom is -0.497 e. The Kier molecular flexibility index (Phi) is 5.30. The van der Waals surface area contributed by atoms with Crippen molar-refractivity contribution >= 4 is 17.4 Å². The Bertz CT molecular complexity index is 646. The van der Waals surface area contributed by atoms with E-state index in [2.05, 4.69) is 34.4 Å². The van der Waals surface area contributed by atoms with Crippen molar-refractivity contribution in [2.45, 2.75) is 26.3 Å². The van der Waals surface area contributed by atoms with Gasteiger partial charge >= 0.3 is 0 Å². The van der Waals surface area contributed by atoms with Crippen molar-refractivity contribution in [2.75, 3.05) is 17.7 Å². The van der Waals surface area contributed by atoms with Crippen LogP contribution in [0.2, 0.25) is 0 Å². The van der Waals surface area contributed by atoms with Gasteiger partial charge in [-0.25, -0.2) is 9.97 Å². The maximum atomic E-state index is 12.3. The smallest absolute Gasteiger partial charge is 0.274 e. The molecule has 0 fully saturated rings. The summed E-state index contributed by atoms with van der Waals surface area (Å²) >= 11 is 0. The van der Waals surface area contributed by atoms with E-state index in [4.69, 9.17) is 4.74 Å². The number of methoxy groups -OCH3 is 1. The third kappa shape index (κ3) is 4.18. The van der Waals surface area contributed by atoms with E-state index >= 15 is 0 Å². The minimum atomic E-state index is -0.289. The number of rotatable bonds is 6. The van der Waals surface area contributed by atoms with Crippen molar-refractivity contribution in [1.82, 2.24) is 9.97 Å². The normalized spacial score (nSPS) is 11.6. The molecule has 1 atom stereocenters. The van der Waals surface area contributed by atoms with Gasteiger partial charge in [0.15, 0.2) is 0 Å². The lowest BCUT2D eigenvalue weighted by atomic mass is 10.2. The lowest BCUT2D eigenvalue weighted by Gasteiger charge is -2.12. The molecule has 1 aromatic carbocycles. The Hall–Kier alpha value is -2.63. The van der Waals surface area contributed by atoms with Gasteiger partial charge in [0.25, 0.3) is 5.91 Å². The van der Waals surface area contributed by atoms with Gasteiger partial charge in [0.2, 0.25) is 0 Å². The number of carbonyl (C=O) groups excluding carboxylic acids is 1. The van der Waals surface area contributed by atoms with E-state index in [1.165, 1.54) is 6.33 Å². The Morgan fingerprint density at radius 3 is 2.86 bits per heavy atom. The molecular formula is C16H20N4O2. The number of ether oxygens (including phenoxy) is 1. The SMILES string of the molecule is CCC(C)Nc1cc(C(=O)Nc2cccc(OC)c2)ncn1. The summed E-state index contributed by atoms with van der Waals surface area (Å²) in [7, 11) is 1.58. The van der Waals surface area contributed by atoms with Gasteiger partial charge in [0.05, 0.1) is 7.11 Å². The number of nitrogens with zero attached hydrogens (tertiary/aromatic N) is 2. The van der Waals surface area contributed by atoms with E-state index in [-0.39, 0.29) is 11.9 Å². The maximum Gasteiger partial charge on any atom is 0.274 e. The second-order valence-electron chi connectivity index (χ2n) is 4.93. The highest BCUT2D eigenvalue weighted by Crippen LogP contribution is 2.17. The fourth-order valence-corrected chi connectivity index (χ4v) is 1.81. The molecule has 2 aromatic rings. The van der Waals surface area contributed by atoms with Gasteiger partial charge in [-0.3, -0.25) is 4.79 Å². The number of aromatic nitrogens is 2. The summed E-state index contributed by atoms with van der Waals surface area (Å²) < 4.78 is 5.13. The monoisotopic (exact) mass is 300 g/mol. The molecule has 1 heterocycles. The van der Waals surface area contributed by atoms with Gasteiger partial charge < -0.3 is 15.4 Å². The van der Waals surface area contributed by atoms with E-state index in [1.807, 2.05) is 12.1 Å². The van der Waals surface area contributed by atoms with E-state index in [0.29, 0.717) is 22.9 Å².